The fraction of sp³-hybridized carbons (Fsp3) is 0.333. The van der Waals surface area contributed by atoms with Crippen LogP contribution >= 0.6 is 11.6 Å². The first-order valence-electron chi connectivity index (χ1n) is 6.08. The Labute approximate surface area is 113 Å². The van der Waals surface area contributed by atoms with Crippen LogP contribution in [-0.4, -0.2) is 7.11 Å². The van der Waals surface area contributed by atoms with Gasteiger partial charge in [-0.25, -0.2) is 0 Å². The zero-order valence-electron chi connectivity index (χ0n) is 10.7. The van der Waals surface area contributed by atoms with E-state index in [9.17, 15) is 0 Å². The van der Waals surface area contributed by atoms with Gasteiger partial charge in [-0.2, -0.15) is 0 Å². The molecule has 1 unspecified atom stereocenters. The first-order chi connectivity index (χ1) is 8.72. The Hall–Kier alpha value is -1.41. The van der Waals surface area contributed by atoms with E-state index in [0.717, 1.165) is 30.1 Å². The molecule has 1 atom stereocenters. The normalized spacial score (nSPS) is 12.4. The Balaban J connectivity index is 2.03. The van der Waals surface area contributed by atoms with Gasteiger partial charge in [0.15, 0.2) is 0 Å². The number of halogens is 1. The summed E-state index contributed by atoms with van der Waals surface area (Å²) in [5.41, 5.74) is 1.17. The number of furan rings is 1. The summed E-state index contributed by atoms with van der Waals surface area (Å²) in [4.78, 5) is 0. The van der Waals surface area contributed by atoms with Crippen molar-refractivity contribution in [1.29, 1.82) is 0 Å². The largest absolute Gasteiger partial charge is 0.497 e. The van der Waals surface area contributed by atoms with Gasteiger partial charge >= 0.3 is 0 Å². The number of hydrogen-bond donors (Lipinski definition) is 0. The molecule has 0 spiro atoms. The van der Waals surface area contributed by atoms with Gasteiger partial charge in [-0.05, 0) is 36.2 Å². The van der Waals surface area contributed by atoms with Crippen molar-refractivity contribution in [3.05, 3.63) is 53.5 Å². The van der Waals surface area contributed by atoms with Gasteiger partial charge in [-0.3, -0.25) is 0 Å². The lowest BCUT2D eigenvalue weighted by Gasteiger charge is -2.07. The molecule has 0 saturated carbocycles. The van der Waals surface area contributed by atoms with Gasteiger partial charge in [0, 0.05) is 6.42 Å². The molecular formula is C15H17ClO2. The van der Waals surface area contributed by atoms with Gasteiger partial charge in [0.1, 0.15) is 17.3 Å². The molecule has 0 amide bonds. The van der Waals surface area contributed by atoms with E-state index in [1.165, 1.54) is 5.56 Å². The van der Waals surface area contributed by atoms with Crippen LogP contribution in [0.2, 0.25) is 0 Å². The predicted molar refractivity (Wildman–Crippen MR) is 73.4 cm³/mol. The van der Waals surface area contributed by atoms with E-state index in [1.54, 1.807) is 7.11 Å². The SMILES string of the molecule is CCc1ccc(C(Cl)Cc2ccc(OC)cc2)o1. The zero-order chi connectivity index (χ0) is 13.0. The van der Waals surface area contributed by atoms with Crippen LogP contribution in [0.1, 0.15) is 29.4 Å². The number of aryl methyl sites for hydroxylation is 1. The van der Waals surface area contributed by atoms with Gasteiger partial charge in [0.2, 0.25) is 0 Å². The Morgan fingerprint density at radius 2 is 1.89 bits per heavy atom. The highest BCUT2D eigenvalue weighted by atomic mass is 35.5. The van der Waals surface area contributed by atoms with Gasteiger partial charge < -0.3 is 9.15 Å². The van der Waals surface area contributed by atoms with Gasteiger partial charge in [-0.15, -0.1) is 11.6 Å². The standard InChI is InChI=1S/C15H17ClO2/c1-3-12-8-9-15(18-12)14(16)10-11-4-6-13(17-2)7-5-11/h4-9,14H,3,10H2,1-2H3. The van der Waals surface area contributed by atoms with E-state index < -0.39 is 0 Å². The minimum Gasteiger partial charge on any atom is -0.497 e. The highest BCUT2D eigenvalue weighted by molar-refractivity contribution is 6.20. The van der Waals surface area contributed by atoms with E-state index in [2.05, 4.69) is 6.92 Å². The quantitative estimate of drug-likeness (QED) is 0.748. The lowest BCUT2D eigenvalue weighted by Crippen LogP contribution is -1.94. The number of hydrogen-bond acceptors (Lipinski definition) is 2. The van der Waals surface area contributed by atoms with E-state index >= 15 is 0 Å². The fourth-order valence-electron chi connectivity index (χ4n) is 1.82. The Kier molecular flexibility index (Phi) is 4.32. The molecule has 0 aliphatic rings. The van der Waals surface area contributed by atoms with Crippen LogP contribution in [-0.2, 0) is 12.8 Å². The molecule has 0 radical (unpaired) electrons. The lowest BCUT2D eigenvalue weighted by atomic mass is 10.1. The summed E-state index contributed by atoms with van der Waals surface area (Å²) in [6.45, 7) is 2.06. The highest BCUT2D eigenvalue weighted by Gasteiger charge is 2.13. The van der Waals surface area contributed by atoms with Crippen LogP contribution in [0.3, 0.4) is 0 Å². The van der Waals surface area contributed by atoms with Crippen molar-refractivity contribution in [3.63, 3.8) is 0 Å². The van der Waals surface area contributed by atoms with Crippen LogP contribution in [0.4, 0.5) is 0 Å². The predicted octanol–water partition coefficient (Wildman–Crippen LogP) is 4.37. The third-order valence-electron chi connectivity index (χ3n) is 2.91. The van der Waals surface area contributed by atoms with Crippen LogP contribution in [0.15, 0.2) is 40.8 Å². The van der Waals surface area contributed by atoms with Crippen molar-refractivity contribution in [2.75, 3.05) is 7.11 Å². The molecule has 2 rings (SSSR count). The smallest absolute Gasteiger partial charge is 0.122 e. The molecule has 0 aliphatic carbocycles. The number of benzene rings is 1. The van der Waals surface area contributed by atoms with E-state index in [4.69, 9.17) is 20.8 Å². The van der Waals surface area contributed by atoms with Crippen molar-refractivity contribution in [2.24, 2.45) is 0 Å². The highest BCUT2D eigenvalue weighted by Crippen LogP contribution is 2.27. The number of alkyl halides is 1. The second-order valence-electron chi connectivity index (χ2n) is 4.18. The van der Waals surface area contributed by atoms with Crippen molar-refractivity contribution in [3.8, 4) is 5.75 Å². The van der Waals surface area contributed by atoms with E-state index in [0.29, 0.717) is 0 Å². The van der Waals surface area contributed by atoms with E-state index in [1.807, 2.05) is 36.4 Å². The molecule has 0 N–H and O–H groups in total. The summed E-state index contributed by atoms with van der Waals surface area (Å²) in [6, 6.07) is 11.9. The minimum atomic E-state index is -0.126. The Morgan fingerprint density at radius 3 is 2.44 bits per heavy atom. The van der Waals surface area contributed by atoms with Crippen LogP contribution < -0.4 is 4.74 Å². The molecule has 3 heteroatoms. The molecule has 2 nitrogen and oxygen atoms in total. The molecule has 0 saturated heterocycles. The Morgan fingerprint density at radius 1 is 1.17 bits per heavy atom. The molecule has 1 aromatic carbocycles. The number of ether oxygens (including phenoxy) is 1. The second-order valence-corrected chi connectivity index (χ2v) is 4.70. The van der Waals surface area contributed by atoms with Crippen molar-refractivity contribution >= 4 is 11.6 Å². The number of methoxy groups -OCH3 is 1. The maximum Gasteiger partial charge on any atom is 0.122 e. The minimum absolute atomic E-state index is 0.126. The molecular weight excluding hydrogens is 248 g/mol. The molecule has 18 heavy (non-hydrogen) atoms. The first-order valence-corrected chi connectivity index (χ1v) is 6.52. The summed E-state index contributed by atoms with van der Waals surface area (Å²) >= 11 is 6.36. The summed E-state index contributed by atoms with van der Waals surface area (Å²) in [5.74, 6) is 2.67. The zero-order valence-corrected chi connectivity index (χ0v) is 11.4. The number of rotatable bonds is 5. The molecule has 1 aromatic heterocycles. The average molecular weight is 265 g/mol. The summed E-state index contributed by atoms with van der Waals surface area (Å²) in [6.07, 6.45) is 1.65. The van der Waals surface area contributed by atoms with Crippen LogP contribution in [0.25, 0.3) is 0 Å². The van der Waals surface area contributed by atoms with Crippen molar-refractivity contribution in [2.45, 2.75) is 25.1 Å². The molecule has 2 aromatic rings. The lowest BCUT2D eigenvalue weighted by molar-refractivity contribution is 0.414. The van der Waals surface area contributed by atoms with Crippen molar-refractivity contribution in [1.82, 2.24) is 0 Å². The first kappa shape index (κ1) is 13.0. The van der Waals surface area contributed by atoms with Gasteiger partial charge in [0.25, 0.3) is 0 Å². The maximum absolute atomic E-state index is 6.36. The molecule has 1 heterocycles. The summed E-state index contributed by atoms with van der Waals surface area (Å²) in [7, 11) is 1.66. The topological polar surface area (TPSA) is 22.4 Å². The van der Waals surface area contributed by atoms with Gasteiger partial charge in [0.05, 0.1) is 12.5 Å². The molecule has 0 fully saturated rings. The second kappa shape index (κ2) is 5.96. The molecule has 96 valence electrons. The summed E-state index contributed by atoms with van der Waals surface area (Å²) in [5, 5.41) is -0.126. The third-order valence-corrected chi connectivity index (χ3v) is 3.28. The monoisotopic (exact) mass is 264 g/mol. The summed E-state index contributed by atoms with van der Waals surface area (Å²) < 4.78 is 10.8. The van der Waals surface area contributed by atoms with Gasteiger partial charge in [-0.1, -0.05) is 19.1 Å². The maximum atomic E-state index is 6.36. The van der Waals surface area contributed by atoms with Crippen LogP contribution in [0, 0.1) is 0 Å². The van der Waals surface area contributed by atoms with Crippen molar-refractivity contribution < 1.29 is 9.15 Å². The third kappa shape index (κ3) is 3.08. The average Bonchev–Trinajstić information content (AvgIpc) is 2.88. The molecule has 0 bridgehead atoms. The Bertz CT molecular complexity index is 487. The molecule has 0 aliphatic heterocycles. The van der Waals surface area contributed by atoms with E-state index in [-0.39, 0.29) is 5.38 Å². The fourth-order valence-corrected chi connectivity index (χ4v) is 2.12. The van der Waals surface area contributed by atoms with Crippen LogP contribution in [0.5, 0.6) is 5.75 Å².